The molecule has 27 heavy (non-hydrogen) atoms. The number of amides is 1. The zero-order valence-electron chi connectivity index (χ0n) is 15.0. The van der Waals surface area contributed by atoms with E-state index < -0.39 is 28.7 Å². The van der Waals surface area contributed by atoms with Crippen LogP contribution in [0.4, 0.5) is 13.2 Å². The number of carbonyl (C=O) groups excluding carboxylic acids is 1. The molecule has 0 N–H and O–H groups in total. The lowest BCUT2D eigenvalue weighted by molar-refractivity contribution is -0.140. The topological polar surface area (TPSA) is 66.9 Å². The van der Waals surface area contributed by atoms with Crippen molar-refractivity contribution >= 4 is 15.9 Å². The molecule has 152 valence electrons. The lowest BCUT2D eigenvalue weighted by Crippen LogP contribution is -2.41. The molecular weight excluding hydrogens is 385 g/mol. The van der Waals surface area contributed by atoms with E-state index in [1.54, 1.807) is 0 Å². The Labute approximate surface area is 156 Å². The molecule has 0 saturated carbocycles. The number of hydrogen-bond acceptors (Lipinski definition) is 4. The number of carbonyl (C=O) groups is 1. The van der Waals surface area contributed by atoms with Gasteiger partial charge in [-0.25, -0.2) is 8.42 Å². The van der Waals surface area contributed by atoms with Gasteiger partial charge in [-0.2, -0.15) is 17.5 Å². The molecule has 0 bridgehead atoms. The first-order valence-electron chi connectivity index (χ1n) is 8.69. The van der Waals surface area contributed by atoms with E-state index in [4.69, 9.17) is 4.74 Å². The van der Waals surface area contributed by atoms with Crippen LogP contribution in [-0.2, 0) is 14.8 Å². The normalized spacial score (nSPS) is 16.3. The van der Waals surface area contributed by atoms with E-state index in [0.29, 0.717) is 17.7 Å². The smallest absolute Gasteiger partial charge is 0.379 e. The van der Waals surface area contributed by atoms with E-state index in [9.17, 15) is 26.4 Å². The Morgan fingerprint density at radius 3 is 2.52 bits per heavy atom. The number of rotatable bonds is 7. The van der Waals surface area contributed by atoms with Crippen molar-refractivity contribution in [3.63, 3.8) is 0 Å². The fourth-order valence-electron chi connectivity index (χ4n) is 2.73. The molecule has 1 aliphatic rings. The molecule has 6 nitrogen and oxygen atoms in total. The van der Waals surface area contributed by atoms with Gasteiger partial charge >= 0.3 is 6.18 Å². The van der Waals surface area contributed by atoms with Gasteiger partial charge in [0.05, 0.1) is 18.1 Å². The number of ether oxygens (including phenoxy) is 1. The van der Waals surface area contributed by atoms with Gasteiger partial charge in [0.1, 0.15) is 6.54 Å². The number of morpholine rings is 1. The highest BCUT2D eigenvalue weighted by Crippen LogP contribution is 2.22. The Kier molecular flexibility index (Phi) is 7.24. The Bertz CT molecular complexity index is 747. The molecule has 10 heteroatoms. The molecule has 1 fully saturated rings. The van der Waals surface area contributed by atoms with Crippen LogP contribution in [0.1, 0.15) is 30.1 Å². The summed E-state index contributed by atoms with van der Waals surface area (Å²) in [6.45, 7) is 1.32. The van der Waals surface area contributed by atoms with Gasteiger partial charge in [0.2, 0.25) is 10.0 Å². The molecule has 0 aromatic heterocycles. The number of sulfonamides is 1. The van der Waals surface area contributed by atoms with Crippen LogP contribution in [0.3, 0.4) is 0 Å². The third-order valence-corrected chi connectivity index (χ3v) is 6.02. The summed E-state index contributed by atoms with van der Waals surface area (Å²) in [6, 6.07) is 5.17. The molecule has 1 heterocycles. The fraction of sp³-hybridized carbons (Fsp3) is 0.588. The minimum Gasteiger partial charge on any atom is -0.379 e. The molecule has 0 radical (unpaired) electrons. The lowest BCUT2D eigenvalue weighted by Gasteiger charge is -2.26. The molecule has 2 rings (SSSR count). The highest BCUT2D eigenvalue weighted by Gasteiger charge is 2.33. The standard InChI is InChI=1S/C17H23F3N2O4S/c1-2-3-7-21(13-17(18,19)20)16(23)14-5-4-6-15(12-14)27(24,25)22-8-10-26-11-9-22/h4-6,12H,2-3,7-11,13H2,1H3. The SMILES string of the molecule is CCCCN(CC(F)(F)F)C(=O)c1cccc(S(=O)(=O)N2CCOCC2)c1. The quantitative estimate of drug-likeness (QED) is 0.695. The summed E-state index contributed by atoms with van der Waals surface area (Å²) >= 11 is 0. The summed E-state index contributed by atoms with van der Waals surface area (Å²) < 4.78 is 70.2. The van der Waals surface area contributed by atoms with Crippen LogP contribution in [-0.4, -0.2) is 69.1 Å². The molecule has 1 aliphatic heterocycles. The van der Waals surface area contributed by atoms with E-state index in [0.717, 1.165) is 6.07 Å². The van der Waals surface area contributed by atoms with Gasteiger partial charge in [0.15, 0.2) is 0 Å². The first kappa shape index (κ1) is 21.6. The van der Waals surface area contributed by atoms with Crippen molar-refractivity contribution in [3.8, 4) is 0 Å². The number of alkyl halides is 3. The van der Waals surface area contributed by atoms with Crippen molar-refractivity contribution in [1.82, 2.24) is 9.21 Å². The minimum absolute atomic E-state index is 0.0463. The fourth-order valence-corrected chi connectivity index (χ4v) is 4.18. The summed E-state index contributed by atoms with van der Waals surface area (Å²) in [6.07, 6.45) is -3.47. The van der Waals surface area contributed by atoms with Crippen molar-refractivity contribution in [2.75, 3.05) is 39.4 Å². The van der Waals surface area contributed by atoms with Crippen molar-refractivity contribution in [3.05, 3.63) is 29.8 Å². The van der Waals surface area contributed by atoms with Crippen molar-refractivity contribution in [2.24, 2.45) is 0 Å². The van der Waals surface area contributed by atoms with Gasteiger partial charge in [-0.15, -0.1) is 0 Å². The maximum atomic E-state index is 12.8. The van der Waals surface area contributed by atoms with Crippen LogP contribution >= 0.6 is 0 Å². The molecule has 1 saturated heterocycles. The Morgan fingerprint density at radius 1 is 1.26 bits per heavy atom. The minimum atomic E-state index is -4.53. The summed E-state index contributed by atoms with van der Waals surface area (Å²) in [5.74, 6) is -0.834. The highest BCUT2D eigenvalue weighted by molar-refractivity contribution is 7.89. The van der Waals surface area contributed by atoms with Crippen LogP contribution < -0.4 is 0 Å². The van der Waals surface area contributed by atoms with Crippen molar-refractivity contribution in [1.29, 1.82) is 0 Å². The zero-order valence-corrected chi connectivity index (χ0v) is 15.9. The average molecular weight is 408 g/mol. The average Bonchev–Trinajstić information content (AvgIpc) is 2.64. The molecule has 1 aromatic rings. The third-order valence-electron chi connectivity index (χ3n) is 4.13. The van der Waals surface area contributed by atoms with Crippen LogP contribution in [0.5, 0.6) is 0 Å². The zero-order chi connectivity index (χ0) is 20.1. The summed E-state index contributed by atoms with van der Waals surface area (Å²) in [5.41, 5.74) is -0.0790. The predicted octanol–water partition coefficient (Wildman–Crippen LogP) is 2.51. The summed E-state index contributed by atoms with van der Waals surface area (Å²) in [4.78, 5) is 13.2. The van der Waals surface area contributed by atoms with Gasteiger partial charge < -0.3 is 9.64 Å². The molecular formula is C17H23F3N2O4S. The third kappa shape index (κ3) is 5.91. The second-order valence-electron chi connectivity index (χ2n) is 6.24. The van der Waals surface area contributed by atoms with Gasteiger partial charge in [0, 0.05) is 25.2 Å². The maximum Gasteiger partial charge on any atom is 0.406 e. The first-order valence-corrected chi connectivity index (χ1v) is 10.1. The largest absolute Gasteiger partial charge is 0.406 e. The summed E-state index contributed by atoms with van der Waals surface area (Å²) in [5, 5.41) is 0. The van der Waals surface area contributed by atoms with Crippen molar-refractivity contribution in [2.45, 2.75) is 30.8 Å². The Hall–Kier alpha value is -1.65. The van der Waals surface area contributed by atoms with Gasteiger partial charge in [-0.3, -0.25) is 4.79 Å². The number of hydrogen-bond donors (Lipinski definition) is 0. The molecule has 1 aromatic carbocycles. The summed E-state index contributed by atoms with van der Waals surface area (Å²) in [7, 11) is -3.84. The maximum absolute atomic E-state index is 12.8. The number of nitrogens with zero attached hydrogens (tertiary/aromatic N) is 2. The molecule has 0 spiro atoms. The number of unbranched alkanes of at least 4 members (excludes halogenated alkanes) is 1. The van der Waals surface area contributed by atoms with Crippen molar-refractivity contribution < 1.29 is 31.1 Å². The predicted molar refractivity (Wildman–Crippen MR) is 92.9 cm³/mol. The first-order chi connectivity index (χ1) is 12.6. The van der Waals surface area contributed by atoms with Crippen LogP contribution in [0.15, 0.2) is 29.2 Å². The second-order valence-corrected chi connectivity index (χ2v) is 8.18. The van der Waals surface area contributed by atoms with Gasteiger partial charge in [-0.05, 0) is 24.6 Å². The van der Waals surface area contributed by atoms with Crippen LogP contribution in [0, 0.1) is 0 Å². The number of benzene rings is 1. The van der Waals surface area contributed by atoms with E-state index in [1.807, 2.05) is 6.92 Å². The van der Waals surface area contributed by atoms with Crippen LogP contribution in [0.2, 0.25) is 0 Å². The van der Waals surface area contributed by atoms with Crippen LogP contribution in [0.25, 0.3) is 0 Å². The lowest BCUT2D eigenvalue weighted by atomic mass is 10.2. The monoisotopic (exact) mass is 408 g/mol. The van der Waals surface area contributed by atoms with E-state index in [2.05, 4.69) is 0 Å². The Balaban J connectivity index is 2.26. The second kappa shape index (κ2) is 9.03. The van der Waals surface area contributed by atoms with Gasteiger partial charge in [-0.1, -0.05) is 19.4 Å². The Morgan fingerprint density at radius 2 is 1.93 bits per heavy atom. The molecule has 0 unspecified atom stereocenters. The number of halogens is 3. The van der Waals surface area contributed by atoms with E-state index >= 15 is 0 Å². The molecule has 1 amide bonds. The molecule has 0 aliphatic carbocycles. The molecule has 0 atom stereocenters. The van der Waals surface area contributed by atoms with E-state index in [1.165, 1.54) is 22.5 Å². The van der Waals surface area contributed by atoms with E-state index in [-0.39, 0.29) is 43.3 Å². The van der Waals surface area contributed by atoms with Gasteiger partial charge in [0.25, 0.3) is 5.91 Å². The highest BCUT2D eigenvalue weighted by atomic mass is 32.2.